The molecule has 2 N–H and O–H groups in total. The number of ether oxygens (including phenoxy) is 2. The fourth-order valence-electron chi connectivity index (χ4n) is 2.04. The van der Waals surface area contributed by atoms with Crippen molar-refractivity contribution in [2.75, 3.05) is 33.0 Å². The van der Waals surface area contributed by atoms with Crippen LogP contribution in [0.5, 0.6) is 0 Å². The van der Waals surface area contributed by atoms with Crippen molar-refractivity contribution >= 4 is 5.78 Å². The maximum Gasteiger partial charge on any atom is 0.162 e. The second-order valence-electron chi connectivity index (χ2n) is 6.37. The summed E-state index contributed by atoms with van der Waals surface area (Å²) < 4.78 is 10.6. The molecule has 4 heteroatoms. The smallest absolute Gasteiger partial charge is 0.162 e. The predicted octanol–water partition coefficient (Wildman–Crippen LogP) is 2.94. The molecule has 124 valence electrons. The van der Waals surface area contributed by atoms with Crippen molar-refractivity contribution in [2.24, 2.45) is 5.73 Å². The molecule has 0 bridgehead atoms. The van der Waals surface area contributed by atoms with Gasteiger partial charge in [0, 0.05) is 25.1 Å². The largest absolute Gasteiger partial charge is 0.379 e. The van der Waals surface area contributed by atoms with Crippen molar-refractivity contribution in [3.8, 4) is 0 Å². The summed E-state index contributed by atoms with van der Waals surface area (Å²) in [4.78, 5) is 12.1. The summed E-state index contributed by atoms with van der Waals surface area (Å²) in [5.74, 6) is 0.170. The van der Waals surface area contributed by atoms with Gasteiger partial charge in [-0.05, 0) is 17.4 Å². The Morgan fingerprint density at radius 1 is 1.00 bits per heavy atom. The molecule has 0 aromatic heterocycles. The molecule has 0 amide bonds. The van der Waals surface area contributed by atoms with Gasteiger partial charge in [0.05, 0.1) is 19.8 Å². The Bertz CT molecular complexity index is 435. The molecule has 0 saturated carbocycles. The standard InChI is InChI=1S/C18H29NO3/c1-18(2,3)16-8-6-15(7-9-16)17(20)5-4-11-21-13-14-22-12-10-19/h6-9H,4-5,10-14,19H2,1-3H3. The van der Waals surface area contributed by atoms with Crippen LogP contribution in [0.1, 0.15) is 49.5 Å². The third kappa shape index (κ3) is 7.16. The molecule has 0 spiro atoms. The fraction of sp³-hybridized carbons (Fsp3) is 0.611. The van der Waals surface area contributed by atoms with E-state index in [1.54, 1.807) is 0 Å². The maximum atomic E-state index is 12.1. The van der Waals surface area contributed by atoms with Crippen molar-refractivity contribution in [1.29, 1.82) is 0 Å². The first-order valence-corrected chi connectivity index (χ1v) is 7.94. The van der Waals surface area contributed by atoms with Gasteiger partial charge in [0.25, 0.3) is 0 Å². The molecule has 0 heterocycles. The van der Waals surface area contributed by atoms with Crippen LogP contribution in [-0.4, -0.2) is 38.8 Å². The Labute approximate surface area is 134 Å². The molecule has 0 aliphatic heterocycles. The molecule has 0 saturated heterocycles. The van der Waals surface area contributed by atoms with Gasteiger partial charge in [-0.25, -0.2) is 0 Å². The summed E-state index contributed by atoms with van der Waals surface area (Å²) in [6.07, 6.45) is 1.25. The molecule has 0 atom stereocenters. The van der Waals surface area contributed by atoms with Crippen LogP contribution in [-0.2, 0) is 14.9 Å². The summed E-state index contributed by atoms with van der Waals surface area (Å²) >= 11 is 0. The van der Waals surface area contributed by atoms with Crippen molar-refractivity contribution in [3.63, 3.8) is 0 Å². The summed E-state index contributed by atoms with van der Waals surface area (Å²) in [5, 5.41) is 0. The van der Waals surface area contributed by atoms with Crippen LogP contribution in [0.3, 0.4) is 0 Å². The van der Waals surface area contributed by atoms with Gasteiger partial charge >= 0.3 is 0 Å². The lowest BCUT2D eigenvalue weighted by atomic mass is 9.86. The van der Waals surface area contributed by atoms with Gasteiger partial charge in [0.1, 0.15) is 0 Å². The monoisotopic (exact) mass is 307 g/mol. The third-order valence-corrected chi connectivity index (χ3v) is 3.40. The first-order valence-electron chi connectivity index (χ1n) is 7.94. The molecule has 1 aromatic carbocycles. The summed E-state index contributed by atoms with van der Waals surface area (Å²) in [6, 6.07) is 7.92. The van der Waals surface area contributed by atoms with E-state index in [0.29, 0.717) is 39.4 Å². The topological polar surface area (TPSA) is 61.5 Å². The zero-order valence-electron chi connectivity index (χ0n) is 14.1. The second-order valence-corrected chi connectivity index (χ2v) is 6.37. The quantitative estimate of drug-likeness (QED) is 0.533. The molecular weight excluding hydrogens is 278 g/mol. The predicted molar refractivity (Wildman–Crippen MR) is 89.4 cm³/mol. The highest BCUT2D eigenvalue weighted by Gasteiger charge is 2.14. The lowest BCUT2D eigenvalue weighted by Crippen LogP contribution is -2.12. The number of hydrogen-bond acceptors (Lipinski definition) is 4. The maximum absolute atomic E-state index is 12.1. The lowest BCUT2D eigenvalue weighted by molar-refractivity contribution is 0.0489. The van der Waals surface area contributed by atoms with E-state index in [9.17, 15) is 4.79 Å². The van der Waals surface area contributed by atoms with E-state index in [2.05, 4.69) is 20.8 Å². The van der Waals surface area contributed by atoms with Gasteiger partial charge in [-0.3, -0.25) is 4.79 Å². The number of nitrogens with two attached hydrogens (primary N) is 1. The summed E-state index contributed by atoms with van der Waals surface area (Å²) in [5.41, 5.74) is 7.44. The van der Waals surface area contributed by atoms with E-state index < -0.39 is 0 Å². The first kappa shape index (κ1) is 18.8. The first-order chi connectivity index (χ1) is 10.4. The second kappa shape index (κ2) is 9.72. The van der Waals surface area contributed by atoms with Crippen molar-refractivity contribution in [1.82, 2.24) is 0 Å². The van der Waals surface area contributed by atoms with Gasteiger partial charge < -0.3 is 15.2 Å². The summed E-state index contributed by atoms with van der Waals surface area (Å²) in [7, 11) is 0. The highest BCUT2D eigenvalue weighted by molar-refractivity contribution is 5.96. The molecule has 0 unspecified atom stereocenters. The Morgan fingerprint density at radius 2 is 1.59 bits per heavy atom. The van der Waals surface area contributed by atoms with Gasteiger partial charge in [-0.2, -0.15) is 0 Å². The minimum Gasteiger partial charge on any atom is -0.379 e. The van der Waals surface area contributed by atoms with E-state index in [1.807, 2.05) is 24.3 Å². The van der Waals surface area contributed by atoms with Gasteiger partial charge in [-0.1, -0.05) is 45.0 Å². The molecule has 1 aromatic rings. The van der Waals surface area contributed by atoms with Crippen LogP contribution < -0.4 is 5.73 Å². The third-order valence-electron chi connectivity index (χ3n) is 3.40. The molecule has 0 radical (unpaired) electrons. The van der Waals surface area contributed by atoms with Crippen molar-refractivity contribution < 1.29 is 14.3 Å². The van der Waals surface area contributed by atoms with E-state index in [-0.39, 0.29) is 11.2 Å². The molecular formula is C18H29NO3. The Morgan fingerprint density at radius 3 is 2.14 bits per heavy atom. The van der Waals surface area contributed by atoms with Crippen molar-refractivity contribution in [3.05, 3.63) is 35.4 Å². The van der Waals surface area contributed by atoms with Crippen LogP contribution in [0.15, 0.2) is 24.3 Å². The van der Waals surface area contributed by atoms with Crippen LogP contribution >= 0.6 is 0 Å². The highest BCUT2D eigenvalue weighted by atomic mass is 16.5. The molecule has 1 rings (SSSR count). The number of carbonyl (C=O) groups excluding carboxylic acids is 1. The number of benzene rings is 1. The van der Waals surface area contributed by atoms with Crippen LogP contribution in [0.2, 0.25) is 0 Å². The molecule has 22 heavy (non-hydrogen) atoms. The number of carbonyl (C=O) groups is 1. The van der Waals surface area contributed by atoms with E-state index in [0.717, 1.165) is 12.0 Å². The van der Waals surface area contributed by atoms with E-state index in [4.69, 9.17) is 15.2 Å². The zero-order valence-corrected chi connectivity index (χ0v) is 14.1. The number of hydrogen-bond donors (Lipinski definition) is 1. The van der Waals surface area contributed by atoms with Gasteiger partial charge in [0.15, 0.2) is 5.78 Å². The molecule has 4 nitrogen and oxygen atoms in total. The van der Waals surface area contributed by atoms with Crippen LogP contribution in [0.4, 0.5) is 0 Å². The lowest BCUT2D eigenvalue weighted by Gasteiger charge is -2.18. The molecule has 0 fully saturated rings. The minimum atomic E-state index is 0.112. The normalized spacial score (nSPS) is 11.6. The average Bonchev–Trinajstić information content (AvgIpc) is 2.49. The summed E-state index contributed by atoms with van der Waals surface area (Å²) in [6.45, 7) is 9.27. The van der Waals surface area contributed by atoms with E-state index >= 15 is 0 Å². The molecule has 0 aliphatic carbocycles. The van der Waals surface area contributed by atoms with Crippen LogP contribution in [0.25, 0.3) is 0 Å². The number of rotatable bonds is 10. The Hall–Kier alpha value is -1.23. The minimum absolute atomic E-state index is 0.112. The SMILES string of the molecule is CC(C)(C)c1ccc(C(=O)CCCOCCOCCN)cc1. The van der Waals surface area contributed by atoms with Crippen molar-refractivity contribution in [2.45, 2.75) is 39.0 Å². The Kier molecular flexibility index (Phi) is 8.31. The Balaban J connectivity index is 2.23. The zero-order chi connectivity index (χ0) is 16.4. The number of ketones is 1. The van der Waals surface area contributed by atoms with Gasteiger partial charge in [0.2, 0.25) is 0 Å². The van der Waals surface area contributed by atoms with Gasteiger partial charge in [-0.15, -0.1) is 0 Å². The number of Topliss-reactive ketones (excluding diaryl/α,β-unsaturated/α-hetero) is 1. The average molecular weight is 307 g/mol. The highest BCUT2D eigenvalue weighted by Crippen LogP contribution is 2.22. The van der Waals surface area contributed by atoms with E-state index in [1.165, 1.54) is 5.56 Å². The fourth-order valence-corrected chi connectivity index (χ4v) is 2.04. The molecule has 0 aliphatic rings. The van der Waals surface area contributed by atoms with Crippen LogP contribution in [0, 0.1) is 0 Å².